The standard InChI is InChI=1S/C13H18N2O2/c1-10(16)15-8-7-14-13(9-15)11-3-5-12(17-2)6-4-11/h3-6,13-14H,7-9H2,1-2H3/t13-/m0/s1. The molecule has 1 heterocycles. The van der Waals surface area contributed by atoms with Gasteiger partial charge in [0.15, 0.2) is 0 Å². The van der Waals surface area contributed by atoms with Gasteiger partial charge in [0.25, 0.3) is 0 Å². The molecule has 1 aliphatic heterocycles. The molecule has 0 spiro atoms. The van der Waals surface area contributed by atoms with Crippen molar-refractivity contribution in [1.82, 2.24) is 10.2 Å². The van der Waals surface area contributed by atoms with E-state index in [9.17, 15) is 4.79 Å². The number of nitrogens with zero attached hydrogens (tertiary/aromatic N) is 1. The maximum atomic E-state index is 11.4. The van der Waals surface area contributed by atoms with Crippen molar-refractivity contribution in [3.8, 4) is 5.75 Å². The van der Waals surface area contributed by atoms with Crippen LogP contribution in [0.5, 0.6) is 5.75 Å². The predicted molar refractivity (Wildman–Crippen MR) is 66.0 cm³/mol. The van der Waals surface area contributed by atoms with Gasteiger partial charge >= 0.3 is 0 Å². The molecule has 1 N–H and O–H groups in total. The third kappa shape index (κ3) is 2.77. The van der Waals surface area contributed by atoms with Crippen LogP contribution in [0.4, 0.5) is 0 Å². The Kier molecular flexibility index (Phi) is 3.64. The van der Waals surface area contributed by atoms with Gasteiger partial charge < -0.3 is 15.0 Å². The molecule has 1 aliphatic rings. The monoisotopic (exact) mass is 234 g/mol. The van der Waals surface area contributed by atoms with Crippen molar-refractivity contribution in [2.24, 2.45) is 0 Å². The number of ether oxygens (including phenoxy) is 1. The molecular formula is C13H18N2O2. The zero-order valence-electron chi connectivity index (χ0n) is 10.3. The first-order valence-electron chi connectivity index (χ1n) is 5.83. The van der Waals surface area contributed by atoms with Crippen LogP contribution in [-0.2, 0) is 4.79 Å². The highest BCUT2D eigenvalue weighted by atomic mass is 16.5. The Morgan fingerprint density at radius 2 is 2.12 bits per heavy atom. The maximum Gasteiger partial charge on any atom is 0.219 e. The van der Waals surface area contributed by atoms with Crippen LogP contribution in [0.2, 0.25) is 0 Å². The van der Waals surface area contributed by atoms with Crippen molar-refractivity contribution >= 4 is 5.91 Å². The number of hydrogen-bond donors (Lipinski definition) is 1. The number of carbonyl (C=O) groups is 1. The predicted octanol–water partition coefficient (Wildman–Crippen LogP) is 1.19. The first-order valence-corrected chi connectivity index (χ1v) is 5.83. The van der Waals surface area contributed by atoms with Gasteiger partial charge in [0.05, 0.1) is 7.11 Å². The van der Waals surface area contributed by atoms with Gasteiger partial charge in [0.1, 0.15) is 5.75 Å². The molecular weight excluding hydrogens is 216 g/mol. The Labute approximate surface area is 102 Å². The van der Waals surface area contributed by atoms with Crippen LogP contribution in [-0.4, -0.2) is 37.6 Å². The van der Waals surface area contributed by atoms with E-state index >= 15 is 0 Å². The summed E-state index contributed by atoms with van der Waals surface area (Å²) in [6.07, 6.45) is 0. The third-order valence-corrected chi connectivity index (χ3v) is 3.14. The van der Waals surface area contributed by atoms with Crippen LogP contribution in [0.1, 0.15) is 18.5 Å². The highest BCUT2D eigenvalue weighted by Gasteiger charge is 2.21. The molecule has 4 nitrogen and oxygen atoms in total. The van der Waals surface area contributed by atoms with Gasteiger partial charge in [-0.3, -0.25) is 4.79 Å². The van der Waals surface area contributed by atoms with E-state index in [1.807, 2.05) is 29.2 Å². The van der Waals surface area contributed by atoms with E-state index in [-0.39, 0.29) is 11.9 Å². The van der Waals surface area contributed by atoms with Crippen LogP contribution in [0.25, 0.3) is 0 Å². The normalized spacial score (nSPS) is 20.1. The fraction of sp³-hybridized carbons (Fsp3) is 0.462. The molecule has 1 atom stereocenters. The molecule has 0 aromatic heterocycles. The Morgan fingerprint density at radius 3 is 2.71 bits per heavy atom. The summed E-state index contributed by atoms with van der Waals surface area (Å²) in [5.74, 6) is 0.998. The summed E-state index contributed by atoms with van der Waals surface area (Å²) in [6.45, 7) is 4.00. The van der Waals surface area contributed by atoms with E-state index in [0.29, 0.717) is 0 Å². The minimum atomic E-state index is 0.144. The highest BCUT2D eigenvalue weighted by molar-refractivity contribution is 5.73. The summed E-state index contributed by atoms with van der Waals surface area (Å²) in [6, 6.07) is 8.20. The molecule has 0 unspecified atom stereocenters. The third-order valence-electron chi connectivity index (χ3n) is 3.14. The summed E-state index contributed by atoms with van der Waals surface area (Å²) in [5, 5.41) is 3.42. The first-order chi connectivity index (χ1) is 8.20. The van der Waals surface area contributed by atoms with Gasteiger partial charge in [-0.15, -0.1) is 0 Å². The number of benzene rings is 1. The Bertz CT molecular complexity index is 389. The molecule has 0 bridgehead atoms. The highest BCUT2D eigenvalue weighted by Crippen LogP contribution is 2.20. The van der Waals surface area contributed by atoms with Crippen LogP contribution in [0.15, 0.2) is 24.3 Å². The van der Waals surface area contributed by atoms with Crippen molar-refractivity contribution in [3.05, 3.63) is 29.8 Å². The van der Waals surface area contributed by atoms with E-state index < -0.39 is 0 Å². The molecule has 1 fully saturated rings. The first kappa shape index (κ1) is 11.9. The van der Waals surface area contributed by atoms with Gasteiger partial charge in [-0.2, -0.15) is 0 Å². The number of piperazine rings is 1. The van der Waals surface area contributed by atoms with Gasteiger partial charge in [0, 0.05) is 32.6 Å². The lowest BCUT2D eigenvalue weighted by atomic mass is 10.0. The fourth-order valence-corrected chi connectivity index (χ4v) is 2.10. The Morgan fingerprint density at radius 1 is 1.41 bits per heavy atom. The van der Waals surface area contributed by atoms with Crippen LogP contribution >= 0.6 is 0 Å². The molecule has 0 saturated carbocycles. The summed E-state index contributed by atoms with van der Waals surface area (Å²) < 4.78 is 5.13. The second kappa shape index (κ2) is 5.19. The van der Waals surface area contributed by atoms with Gasteiger partial charge in [-0.1, -0.05) is 12.1 Å². The van der Waals surface area contributed by atoms with Crippen molar-refractivity contribution in [2.75, 3.05) is 26.7 Å². The molecule has 92 valence electrons. The summed E-state index contributed by atoms with van der Waals surface area (Å²) in [5.41, 5.74) is 1.19. The van der Waals surface area contributed by atoms with Crippen LogP contribution < -0.4 is 10.1 Å². The summed E-state index contributed by atoms with van der Waals surface area (Å²) in [4.78, 5) is 13.2. The number of carbonyl (C=O) groups excluding carboxylic acids is 1. The molecule has 1 amide bonds. The van der Waals surface area contributed by atoms with Gasteiger partial charge in [0.2, 0.25) is 5.91 Å². The average Bonchev–Trinajstić information content (AvgIpc) is 2.39. The molecule has 0 radical (unpaired) electrons. The second-order valence-electron chi connectivity index (χ2n) is 4.24. The lowest BCUT2D eigenvalue weighted by Crippen LogP contribution is -2.47. The second-order valence-corrected chi connectivity index (χ2v) is 4.24. The number of nitrogens with one attached hydrogen (secondary N) is 1. The zero-order chi connectivity index (χ0) is 12.3. The number of methoxy groups -OCH3 is 1. The van der Waals surface area contributed by atoms with Crippen LogP contribution in [0, 0.1) is 0 Å². The lowest BCUT2D eigenvalue weighted by Gasteiger charge is -2.33. The smallest absolute Gasteiger partial charge is 0.219 e. The SMILES string of the molecule is COc1ccc([C@@H]2CN(C(C)=O)CCN2)cc1. The summed E-state index contributed by atoms with van der Waals surface area (Å²) >= 11 is 0. The molecule has 4 heteroatoms. The van der Waals surface area contributed by atoms with Gasteiger partial charge in [-0.25, -0.2) is 0 Å². The van der Waals surface area contributed by atoms with E-state index in [0.717, 1.165) is 25.4 Å². The van der Waals surface area contributed by atoms with Crippen molar-refractivity contribution < 1.29 is 9.53 Å². The van der Waals surface area contributed by atoms with Crippen molar-refractivity contribution in [2.45, 2.75) is 13.0 Å². The minimum Gasteiger partial charge on any atom is -0.497 e. The summed E-state index contributed by atoms with van der Waals surface area (Å²) in [7, 11) is 1.66. The van der Waals surface area contributed by atoms with Crippen molar-refractivity contribution in [3.63, 3.8) is 0 Å². The maximum absolute atomic E-state index is 11.4. The largest absolute Gasteiger partial charge is 0.497 e. The molecule has 1 aromatic carbocycles. The topological polar surface area (TPSA) is 41.6 Å². The van der Waals surface area contributed by atoms with Crippen LogP contribution in [0.3, 0.4) is 0 Å². The number of amides is 1. The van der Waals surface area contributed by atoms with E-state index in [2.05, 4.69) is 5.32 Å². The average molecular weight is 234 g/mol. The number of hydrogen-bond acceptors (Lipinski definition) is 3. The minimum absolute atomic E-state index is 0.144. The molecule has 17 heavy (non-hydrogen) atoms. The van der Waals surface area contributed by atoms with E-state index in [1.54, 1.807) is 14.0 Å². The van der Waals surface area contributed by atoms with Gasteiger partial charge in [-0.05, 0) is 17.7 Å². The Hall–Kier alpha value is -1.55. The van der Waals surface area contributed by atoms with E-state index in [4.69, 9.17) is 4.74 Å². The lowest BCUT2D eigenvalue weighted by molar-refractivity contribution is -0.130. The Balaban J connectivity index is 2.08. The number of rotatable bonds is 2. The zero-order valence-corrected chi connectivity index (χ0v) is 10.3. The molecule has 1 saturated heterocycles. The fourth-order valence-electron chi connectivity index (χ4n) is 2.10. The molecule has 2 rings (SSSR count). The molecule has 0 aliphatic carbocycles. The quantitative estimate of drug-likeness (QED) is 0.835. The van der Waals surface area contributed by atoms with E-state index in [1.165, 1.54) is 5.56 Å². The van der Waals surface area contributed by atoms with Crippen molar-refractivity contribution in [1.29, 1.82) is 0 Å². The molecule has 1 aromatic rings.